The van der Waals surface area contributed by atoms with E-state index in [1.807, 2.05) is 19.2 Å². The van der Waals surface area contributed by atoms with Gasteiger partial charge in [-0.3, -0.25) is 0 Å². The van der Waals surface area contributed by atoms with E-state index < -0.39 is 0 Å². The summed E-state index contributed by atoms with van der Waals surface area (Å²) in [4.78, 5) is 9.61. The summed E-state index contributed by atoms with van der Waals surface area (Å²) < 4.78 is 0. The van der Waals surface area contributed by atoms with Gasteiger partial charge < -0.3 is 0 Å². The van der Waals surface area contributed by atoms with Crippen molar-refractivity contribution in [2.75, 3.05) is 5.32 Å². The third-order valence-corrected chi connectivity index (χ3v) is 5.84. The van der Waals surface area contributed by atoms with Gasteiger partial charge in [0.15, 0.2) is 0 Å². The molecule has 0 radical (unpaired) electrons. The Hall–Kier alpha value is -2.23. The number of aromatic nitrogens is 2. The van der Waals surface area contributed by atoms with Gasteiger partial charge in [0.2, 0.25) is 0 Å². The van der Waals surface area contributed by atoms with Crippen LogP contribution in [0.3, 0.4) is 0 Å². The number of nitrogens with zero attached hydrogens (tertiary/aromatic N) is 2. The van der Waals surface area contributed by atoms with Crippen molar-refractivity contribution in [3.63, 3.8) is 0 Å². The van der Waals surface area contributed by atoms with Crippen LogP contribution in [0.1, 0.15) is 74.0 Å². The summed E-state index contributed by atoms with van der Waals surface area (Å²) in [6, 6.07) is 6.45. The van der Waals surface area contributed by atoms with Gasteiger partial charge in [-0.25, -0.2) is 0 Å². The molecule has 0 unspecified atom stereocenters. The molecule has 1 fully saturated rings. The Balaban J connectivity index is 1.97. The molecule has 1 saturated carbocycles. The molecule has 4 heteroatoms. The molecule has 2 aromatic rings. The van der Waals surface area contributed by atoms with Crippen LogP contribution in [-0.4, -0.2) is 22.9 Å². The molecule has 0 spiro atoms. The van der Waals surface area contributed by atoms with Crippen molar-refractivity contribution in [1.29, 1.82) is 0 Å². The topological polar surface area (TPSA) is 37.8 Å². The Kier molecular flexibility index (Phi) is 5.64. The molecule has 0 amide bonds. The number of rotatable bonds is 6. The molecule has 1 N–H and O–H groups in total. The van der Waals surface area contributed by atoms with Crippen molar-refractivity contribution in [3.05, 3.63) is 64.8 Å². The number of hydrogen-bond donors (Lipinski definition) is 1. The summed E-state index contributed by atoms with van der Waals surface area (Å²) in [7, 11) is 4.36. The normalized spacial score (nSPS) is 15.5. The summed E-state index contributed by atoms with van der Waals surface area (Å²) in [5, 5.41) is 3.17. The third-order valence-electron chi connectivity index (χ3n) is 5.84. The van der Waals surface area contributed by atoms with E-state index in [9.17, 15) is 0 Å². The van der Waals surface area contributed by atoms with E-state index in [2.05, 4.69) is 57.3 Å². The molecule has 0 aromatic carbocycles. The molecule has 2 aromatic heterocycles. The van der Waals surface area contributed by atoms with Gasteiger partial charge >= 0.3 is 164 Å². The van der Waals surface area contributed by atoms with Crippen molar-refractivity contribution in [2.45, 2.75) is 65.2 Å². The molecule has 0 bridgehead atoms. The van der Waals surface area contributed by atoms with Crippen molar-refractivity contribution in [2.24, 2.45) is 0 Å². The van der Waals surface area contributed by atoms with E-state index >= 15 is 0 Å². The molecule has 27 heavy (non-hydrogen) atoms. The summed E-state index contributed by atoms with van der Waals surface area (Å²) in [5.41, 5.74) is 7.69. The van der Waals surface area contributed by atoms with Crippen LogP contribution in [0.2, 0.25) is 0 Å². The summed E-state index contributed by atoms with van der Waals surface area (Å²) in [5.74, 6) is 0.810. The van der Waals surface area contributed by atoms with E-state index in [-0.39, 0.29) is 5.41 Å². The first-order valence-corrected chi connectivity index (χ1v) is 9.92. The zero-order chi connectivity index (χ0) is 19.6. The Morgan fingerprint density at radius 1 is 1.22 bits per heavy atom. The second-order valence-electron chi connectivity index (χ2n) is 8.02. The van der Waals surface area contributed by atoms with Crippen LogP contribution in [0.5, 0.6) is 0 Å². The van der Waals surface area contributed by atoms with Crippen LogP contribution in [-0.2, 0) is 5.41 Å². The number of aryl methyl sites for hydroxylation is 2. The van der Waals surface area contributed by atoms with Gasteiger partial charge in [0.1, 0.15) is 0 Å². The molecule has 0 atom stereocenters. The fourth-order valence-corrected chi connectivity index (χ4v) is 4.23. The van der Waals surface area contributed by atoms with Crippen molar-refractivity contribution < 1.29 is 0 Å². The second-order valence-corrected chi connectivity index (χ2v) is 8.02. The van der Waals surface area contributed by atoms with Crippen LogP contribution in [0, 0.1) is 13.8 Å². The van der Waals surface area contributed by atoms with Crippen LogP contribution >= 0.6 is 0 Å². The van der Waals surface area contributed by atoms with Crippen molar-refractivity contribution >= 4 is 18.8 Å². The van der Waals surface area contributed by atoms with Gasteiger partial charge in [-0.15, -0.1) is 0 Å². The molecule has 2 heterocycles. The first-order chi connectivity index (χ1) is 12.8. The predicted molar refractivity (Wildman–Crippen MR) is 117 cm³/mol. The van der Waals surface area contributed by atoms with Gasteiger partial charge in [0, 0.05) is 0 Å². The van der Waals surface area contributed by atoms with E-state index in [0.29, 0.717) is 0 Å². The van der Waals surface area contributed by atoms with Gasteiger partial charge in [0.05, 0.1) is 0 Å². The molecule has 3 nitrogen and oxygen atoms in total. The summed E-state index contributed by atoms with van der Waals surface area (Å²) in [6.07, 6.45) is 8.14. The number of anilines is 1. The van der Waals surface area contributed by atoms with Crippen molar-refractivity contribution in [3.8, 4) is 0 Å². The summed E-state index contributed by atoms with van der Waals surface area (Å²) >= 11 is 0. The molecule has 0 saturated heterocycles. The van der Waals surface area contributed by atoms with Crippen LogP contribution in [0.15, 0.2) is 36.7 Å². The zero-order valence-electron chi connectivity index (χ0n) is 17.2. The average Bonchev–Trinajstić information content (AvgIpc) is 3.10. The maximum absolute atomic E-state index is 5.09. The molecular formula is C23H30BN3. The first-order valence-electron chi connectivity index (χ1n) is 9.92. The van der Waals surface area contributed by atoms with Crippen LogP contribution in [0.25, 0.3) is 0 Å². The number of pyridine rings is 2. The van der Waals surface area contributed by atoms with Gasteiger partial charge in [0.25, 0.3) is 0 Å². The Morgan fingerprint density at radius 3 is 2.52 bits per heavy atom. The minimum atomic E-state index is 0.240. The molecule has 140 valence electrons. The maximum atomic E-state index is 5.09. The van der Waals surface area contributed by atoms with Gasteiger partial charge in [-0.2, -0.15) is 0 Å². The fourth-order valence-electron chi connectivity index (χ4n) is 4.23. The molecule has 1 aliphatic rings. The number of allylic oxidation sites excluding steroid dienone is 1. The average molecular weight is 359 g/mol. The van der Waals surface area contributed by atoms with E-state index in [1.165, 1.54) is 36.9 Å². The molecule has 3 rings (SSSR count). The quantitative estimate of drug-likeness (QED) is 0.758. The summed E-state index contributed by atoms with van der Waals surface area (Å²) in [6.45, 7) is 12.3. The Morgan fingerprint density at radius 2 is 1.93 bits per heavy atom. The van der Waals surface area contributed by atoms with Gasteiger partial charge in [-0.05, 0) is 0 Å². The molecule has 0 aliphatic heterocycles. The van der Waals surface area contributed by atoms with Crippen LogP contribution in [0.4, 0.5) is 5.82 Å². The molecule has 1 aliphatic carbocycles. The van der Waals surface area contributed by atoms with E-state index in [4.69, 9.17) is 4.98 Å². The van der Waals surface area contributed by atoms with E-state index in [1.54, 1.807) is 0 Å². The van der Waals surface area contributed by atoms with Crippen LogP contribution < -0.4 is 5.32 Å². The predicted octanol–water partition coefficient (Wildman–Crippen LogP) is 4.73. The Labute approximate surface area is 164 Å². The second kappa shape index (κ2) is 7.79. The SMILES string of the molecule is B=C(c1cc(C)cc(C2(CC)CCCC2)n1)c1cnc(NC(=C)C)cc1C. The van der Waals surface area contributed by atoms with Crippen molar-refractivity contribution in [1.82, 2.24) is 9.97 Å². The Bertz CT molecular complexity index is 879. The standard InChI is InChI=1S/C23H30BN3/c1-6-23(9-7-8-10-23)20-12-16(4)11-19(27-20)22(24)18-14-25-21(13-17(18)5)26-15(2)3/h11-14,24H,2,6-10H2,1,3-5H3,(H,25,26). The first kappa shape index (κ1) is 19.5. The number of nitrogens with one attached hydrogen (secondary N) is 1. The van der Waals surface area contributed by atoms with Gasteiger partial charge in [-0.1, -0.05) is 0 Å². The minimum absolute atomic E-state index is 0.240. The third kappa shape index (κ3) is 4.05. The van der Waals surface area contributed by atoms with E-state index in [0.717, 1.165) is 40.2 Å². The fraction of sp³-hybridized carbons (Fsp3) is 0.435. The zero-order valence-corrected chi connectivity index (χ0v) is 17.2. The monoisotopic (exact) mass is 359 g/mol. The molecular weight excluding hydrogens is 329 g/mol. The number of hydrogen-bond acceptors (Lipinski definition) is 3.